The van der Waals surface area contributed by atoms with Crippen LogP contribution in [0.1, 0.15) is 12.8 Å². The van der Waals surface area contributed by atoms with E-state index in [2.05, 4.69) is 29.7 Å². The van der Waals surface area contributed by atoms with E-state index in [1.54, 1.807) is 0 Å². The summed E-state index contributed by atoms with van der Waals surface area (Å²) in [6.45, 7) is 7.13. The molecule has 0 aromatic carbocycles. The Labute approximate surface area is 90.4 Å². The summed E-state index contributed by atoms with van der Waals surface area (Å²) in [6, 6.07) is 0.949. The molecule has 0 aromatic heterocycles. The molecule has 0 atom stereocenters. The van der Waals surface area contributed by atoms with Gasteiger partial charge in [-0.05, 0) is 24.4 Å². The molecule has 84 valence electrons. The highest BCUT2D eigenvalue weighted by Crippen LogP contribution is 2.41. The van der Waals surface area contributed by atoms with Crippen molar-refractivity contribution in [2.24, 2.45) is 5.11 Å². The Kier molecular flexibility index (Phi) is 3.41. The van der Waals surface area contributed by atoms with Gasteiger partial charge in [0.05, 0.1) is 6.61 Å². The van der Waals surface area contributed by atoms with E-state index in [4.69, 9.17) is 10.3 Å². The summed E-state index contributed by atoms with van der Waals surface area (Å²) in [6.07, 6.45) is 1.26. The van der Waals surface area contributed by atoms with E-state index < -0.39 is 13.6 Å². The quantitative estimate of drug-likeness (QED) is 0.238. The Bertz CT molecular complexity index is 301. The van der Waals surface area contributed by atoms with Gasteiger partial charge in [0.2, 0.25) is 0 Å². The first-order valence-corrected chi connectivity index (χ1v) is 8.84. The normalized spacial score (nSPS) is 17.8. The van der Waals surface area contributed by atoms with Crippen molar-refractivity contribution in [1.82, 2.24) is 0 Å². The molecule has 0 heterocycles. The molecule has 1 fully saturated rings. The maximum absolute atomic E-state index is 11.5. The lowest BCUT2D eigenvalue weighted by molar-refractivity contribution is -0.145. The largest absolute Gasteiger partial charge is 0.465 e. The van der Waals surface area contributed by atoms with Gasteiger partial charge in [0.15, 0.2) is 0 Å². The molecule has 0 bridgehead atoms. The molecule has 0 amide bonds. The summed E-state index contributed by atoms with van der Waals surface area (Å²) in [5, 5.41) is 3.50. The number of rotatable bonds is 5. The van der Waals surface area contributed by atoms with Crippen LogP contribution in [0, 0.1) is 0 Å². The topological polar surface area (TPSA) is 75.1 Å². The molecule has 1 aliphatic carbocycles. The van der Waals surface area contributed by atoms with Crippen molar-refractivity contribution in [3.63, 3.8) is 0 Å². The average molecular weight is 227 g/mol. The third-order valence-electron chi connectivity index (χ3n) is 2.42. The minimum Gasteiger partial charge on any atom is -0.465 e. The van der Waals surface area contributed by atoms with E-state index in [0.717, 1.165) is 6.04 Å². The first kappa shape index (κ1) is 12.1. The standard InChI is InChI=1S/C9H17N3O2Si/c1-15(2,3)7-6-14-8(13)9(4-5-9)11-12-10/h4-7H2,1-3H3. The maximum atomic E-state index is 11.5. The van der Waals surface area contributed by atoms with E-state index in [-0.39, 0.29) is 5.97 Å². The lowest BCUT2D eigenvalue weighted by Gasteiger charge is -2.16. The predicted octanol–water partition coefficient (Wildman–Crippen LogP) is 2.71. The number of azide groups is 1. The lowest BCUT2D eigenvalue weighted by Crippen LogP contribution is -2.27. The predicted molar refractivity (Wildman–Crippen MR) is 60.2 cm³/mol. The van der Waals surface area contributed by atoms with E-state index in [9.17, 15) is 4.79 Å². The third kappa shape index (κ3) is 3.57. The van der Waals surface area contributed by atoms with Crippen LogP contribution in [0.15, 0.2) is 5.11 Å². The number of carbonyl (C=O) groups is 1. The second kappa shape index (κ2) is 4.24. The number of carbonyl (C=O) groups excluding carboxylic acids is 1. The van der Waals surface area contributed by atoms with Crippen LogP contribution < -0.4 is 0 Å². The molecule has 0 aromatic rings. The van der Waals surface area contributed by atoms with Crippen LogP contribution in [0.5, 0.6) is 0 Å². The van der Waals surface area contributed by atoms with Gasteiger partial charge < -0.3 is 4.74 Å². The van der Waals surface area contributed by atoms with Crippen LogP contribution >= 0.6 is 0 Å². The Hall–Kier alpha value is -1.00. The van der Waals surface area contributed by atoms with Gasteiger partial charge in [-0.25, -0.2) is 0 Å². The third-order valence-corrected chi connectivity index (χ3v) is 4.13. The molecule has 5 nitrogen and oxygen atoms in total. The summed E-state index contributed by atoms with van der Waals surface area (Å²) in [7, 11) is -1.16. The smallest absolute Gasteiger partial charge is 0.318 e. The second-order valence-electron chi connectivity index (χ2n) is 5.17. The maximum Gasteiger partial charge on any atom is 0.318 e. The van der Waals surface area contributed by atoms with Gasteiger partial charge in [-0.3, -0.25) is 4.79 Å². The molecule has 1 rings (SSSR count). The molecule has 0 unspecified atom stereocenters. The fraction of sp³-hybridized carbons (Fsp3) is 0.889. The molecule has 0 saturated heterocycles. The molecule has 0 N–H and O–H groups in total. The number of nitrogens with zero attached hydrogens (tertiary/aromatic N) is 3. The van der Waals surface area contributed by atoms with Crippen LogP contribution in [-0.4, -0.2) is 26.2 Å². The van der Waals surface area contributed by atoms with E-state index in [1.165, 1.54) is 0 Å². The van der Waals surface area contributed by atoms with Crippen molar-refractivity contribution in [2.75, 3.05) is 6.61 Å². The van der Waals surface area contributed by atoms with Crippen LogP contribution in [0.2, 0.25) is 25.7 Å². The molecular weight excluding hydrogens is 210 g/mol. The van der Waals surface area contributed by atoms with Gasteiger partial charge in [0, 0.05) is 13.0 Å². The van der Waals surface area contributed by atoms with Crippen molar-refractivity contribution < 1.29 is 9.53 Å². The van der Waals surface area contributed by atoms with Gasteiger partial charge in [-0.1, -0.05) is 24.8 Å². The second-order valence-corrected chi connectivity index (χ2v) is 10.8. The SMILES string of the molecule is C[Si](C)(C)CCOC(=O)C1(N=[N+]=[N-])CC1. The molecule has 0 spiro atoms. The van der Waals surface area contributed by atoms with Gasteiger partial charge in [0.1, 0.15) is 5.54 Å². The summed E-state index contributed by atoms with van der Waals surface area (Å²) >= 11 is 0. The van der Waals surface area contributed by atoms with Gasteiger partial charge in [0.25, 0.3) is 0 Å². The zero-order valence-electron chi connectivity index (χ0n) is 9.49. The van der Waals surface area contributed by atoms with E-state index >= 15 is 0 Å². The lowest BCUT2D eigenvalue weighted by atomic mass is 10.3. The van der Waals surface area contributed by atoms with Crippen molar-refractivity contribution in [3.05, 3.63) is 10.4 Å². The van der Waals surface area contributed by atoms with Crippen molar-refractivity contribution in [2.45, 2.75) is 44.1 Å². The molecule has 1 aliphatic rings. The van der Waals surface area contributed by atoms with Gasteiger partial charge in [-0.15, -0.1) is 0 Å². The fourth-order valence-corrected chi connectivity index (χ4v) is 1.85. The van der Waals surface area contributed by atoms with Crippen LogP contribution in [0.4, 0.5) is 0 Å². The van der Waals surface area contributed by atoms with E-state index in [0.29, 0.717) is 19.4 Å². The molecule has 15 heavy (non-hydrogen) atoms. The highest BCUT2D eigenvalue weighted by molar-refractivity contribution is 6.76. The Balaban J connectivity index is 2.34. The van der Waals surface area contributed by atoms with E-state index in [1.807, 2.05) is 0 Å². The molecule has 6 heteroatoms. The van der Waals surface area contributed by atoms with Gasteiger partial charge >= 0.3 is 5.97 Å². The monoisotopic (exact) mass is 227 g/mol. The molecular formula is C9H17N3O2Si. The summed E-state index contributed by atoms with van der Waals surface area (Å²) in [5.41, 5.74) is 7.45. The first-order chi connectivity index (χ1) is 6.90. The molecule has 0 radical (unpaired) electrons. The summed E-state index contributed by atoms with van der Waals surface area (Å²) < 4.78 is 5.13. The highest BCUT2D eigenvalue weighted by atomic mass is 28.3. The Morgan fingerprint density at radius 1 is 1.53 bits per heavy atom. The minimum atomic E-state index is -1.16. The van der Waals surface area contributed by atoms with Crippen molar-refractivity contribution in [1.29, 1.82) is 0 Å². The van der Waals surface area contributed by atoms with Crippen LogP contribution in [0.25, 0.3) is 10.4 Å². The summed E-state index contributed by atoms with van der Waals surface area (Å²) in [4.78, 5) is 14.2. The number of esters is 1. The minimum absolute atomic E-state index is 0.349. The Morgan fingerprint density at radius 2 is 2.13 bits per heavy atom. The zero-order valence-corrected chi connectivity index (χ0v) is 10.5. The first-order valence-electron chi connectivity index (χ1n) is 5.13. The average Bonchev–Trinajstić information content (AvgIpc) is 2.84. The number of ether oxygens (including phenoxy) is 1. The van der Waals surface area contributed by atoms with Crippen molar-refractivity contribution >= 4 is 14.0 Å². The number of hydrogen-bond donors (Lipinski definition) is 0. The van der Waals surface area contributed by atoms with Crippen LogP contribution in [0.3, 0.4) is 0 Å². The molecule has 0 aliphatic heterocycles. The highest BCUT2D eigenvalue weighted by Gasteiger charge is 2.51. The summed E-state index contributed by atoms with van der Waals surface area (Å²) in [5.74, 6) is -0.349. The Morgan fingerprint density at radius 3 is 2.53 bits per heavy atom. The zero-order chi connectivity index (χ0) is 11.5. The number of hydrogen-bond acceptors (Lipinski definition) is 3. The fourth-order valence-electron chi connectivity index (χ4n) is 1.13. The van der Waals surface area contributed by atoms with Crippen molar-refractivity contribution in [3.8, 4) is 0 Å². The molecule has 1 saturated carbocycles. The van der Waals surface area contributed by atoms with Crippen LogP contribution in [-0.2, 0) is 9.53 Å². The van der Waals surface area contributed by atoms with Gasteiger partial charge in [-0.2, -0.15) is 0 Å².